The van der Waals surface area contributed by atoms with Crippen molar-refractivity contribution in [3.63, 3.8) is 0 Å². The Morgan fingerprint density at radius 1 is 1.09 bits per heavy atom. The molecule has 0 heterocycles. The third-order valence-electron chi connectivity index (χ3n) is 4.71. The Labute approximate surface area is 212 Å². The SMILES string of the molecule is CC[C@H](C(=O)NCC(C)C)N(Cc1c(Cl)cccc1Cl)C(=O)COc1ccc(Br)cc1Cl. The molecule has 0 aliphatic heterocycles. The molecule has 0 aliphatic carbocycles. The van der Waals surface area contributed by atoms with E-state index in [2.05, 4.69) is 21.2 Å². The van der Waals surface area contributed by atoms with Gasteiger partial charge >= 0.3 is 0 Å². The fraction of sp³-hybridized carbons (Fsp3) is 0.391. The summed E-state index contributed by atoms with van der Waals surface area (Å²) in [6, 6.07) is 9.52. The molecule has 5 nitrogen and oxygen atoms in total. The maximum absolute atomic E-state index is 13.2. The van der Waals surface area contributed by atoms with Crippen molar-refractivity contribution < 1.29 is 14.3 Å². The third kappa shape index (κ3) is 7.55. The van der Waals surface area contributed by atoms with Crippen LogP contribution in [0.2, 0.25) is 15.1 Å². The van der Waals surface area contributed by atoms with E-state index in [0.717, 1.165) is 4.47 Å². The number of hydrogen-bond donors (Lipinski definition) is 1. The van der Waals surface area contributed by atoms with Gasteiger partial charge in [-0.25, -0.2) is 0 Å². The summed E-state index contributed by atoms with van der Waals surface area (Å²) in [6.45, 7) is 6.14. The molecule has 2 aromatic carbocycles. The van der Waals surface area contributed by atoms with Crippen molar-refractivity contribution in [1.29, 1.82) is 0 Å². The molecule has 1 atom stereocenters. The van der Waals surface area contributed by atoms with E-state index in [1.807, 2.05) is 20.8 Å². The second-order valence-electron chi connectivity index (χ2n) is 7.65. The van der Waals surface area contributed by atoms with Crippen molar-refractivity contribution >= 4 is 62.5 Å². The maximum Gasteiger partial charge on any atom is 0.261 e. The average molecular weight is 565 g/mol. The van der Waals surface area contributed by atoms with Gasteiger partial charge in [0.1, 0.15) is 11.8 Å². The lowest BCUT2D eigenvalue weighted by Crippen LogP contribution is -2.50. The Balaban J connectivity index is 2.28. The average Bonchev–Trinajstić information content (AvgIpc) is 2.73. The highest BCUT2D eigenvalue weighted by Crippen LogP contribution is 2.29. The van der Waals surface area contributed by atoms with Gasteiger partial charge in [-0.2, -0.15) is 0 Å². The summed E-state index contributed by atoms with van der Waals surface area (Å²) in [5.41, 5.74) is 0.570. The first kappa shape index (κ1) is 26.8. The Bertz CT molecular complexity index is 936. The molecule has 2 amide bonds. The predicted octanol–water partition coefficient (Wildman–Crippen LogP) is 6.37. The topological polar surface area (TPSA) is 58.6 Å². The molecule has 0 bridgehead atoms. The van der Waals surface area contributed by atoms with Gasteiger partial charge in [0.2, 0.25) is 5.91 Å². The highest BCUT2D eigenvalue weighted by Gasteiger charge is 2.30. The molecular formula is C23H26BrCl3N2O3. The molecule has 1 N–H and O–H groups in total. The number of ether oxygens (including phenoxy) is 1. The van der Waals surface area contributed by atoms with Crippen LogP contribution in [0.3, 0.4) is 0 Å². The molecule has 174 valence electrons. The number of hydrogen-bond acceptors (Lipinski definition) is 3. The standard InChI is InChI=1S/C23H26BrCl3N2O3/c1-4-20(23(31)28-11-14(2)3)29(12-16-17(25)6-5-7-18(16)26)22(30)13-32-21-9-8-15(24)10-19(21)27/h5-10,14,20H,4,11-13H2,1-3H3,(H,28,31)/t20-/m1/s1. The van der Waals surface area contributed by atoms with Gasteiger partial charge in [0.15, 0.2) is 6.61 Å². The van der Waals surface area contributed by atoms with Crippen molar-refractivity contribution in [3.8, 4) is 5.75 Å². The van der Waals surface area contributed by atoms with Gasteiger partial charge in [-0.05, 0) is 42.7 Å². The molecule has 0 radical (unpaired) electrons. The van der Waals surface area contributed by atoms with Crippen LogP contribution in [0.5, 0.6) is 5.75 Å². The molecule has 0 fully saturated rings. The quantitative estimate of drug-likeness (QED) is 0.365. The number of amides is 2. The molecule has 0 saturated heterocycles. The lowest BCUT2D eigenvalue weighted by Gasteiger charge is -2.31. The van der Waals surface area contributed by atoms with Crippen LogP contribution in [0.15, 0.2) is 40.9 Å². The van der Waals surface area contributed by atoms with Crippen LogP contribution in [0.4, 0.5) is 0 Å². The maximum atomic E-state index is 13.2. The zero-order chi connectivity index (χ0) is 23.8. The smallest absolute Gasteiger partial charge is 0.261 e. The first-order valence-electron chi connectivity index (χ1n) is 10.2. The zero-order valence-corrected chi connectivity index (χ0v) is 22.0. The van der Waals surface area contributed by atoms with Gasteiger partial charge in [0.05, 0.1) is 5.02 Å². The largest absolute Gasteiger partial charge is 0.482 e. The van der Waals surface area contributed by atoms with Crippen molar-refractivity contribution in [1.82, 2.24) is 10.2 Å². The Morgan fingerprint density at radius 3 is 2.31 bits per heavy atom. The van der Waals surface area contributed by atoms with Gasteiger partial charge in [-0.15, -0.1) is 0 Å². The zero-order valence-electron chi connectivity index (χ0n) is 18.1. The molecule has 9 heteroatoms. The summed E-state index contributed by atoms with van der Waals surface area (Å²) in [4.78, 5) is 27.6. The summed E-state index contributed by atoms with van der Waals surface area (Å²) >= 11 is 22.2. The molecule has 32 heavy (non-hydrogen) atoms. The van der Waals surface area contributed by atoms with Crippen molar-refractivity contribution in [2.24, 2.45) is 5.92 Å². The normalized spacial score (nSPS) is 11.9. The minimum absolute atomic E-state index is 0.0718. The lowest BCUT2D eigenvalue weighted by atomic mass is 10.1. The second kappa shape index (κ2) is 12.7. The summed E-state index contributed by atoms with van der Waals surface area (Å²) in [6.07, 6.45) is 0.413. The van der Waals surface area contributed by atoms with Crippen LogP contribution < -0.4 is 10.1 Å². The van der Waals surface area contributed by atoms with Crippen LogP contribution in [-0.4, -0.2) is 35.9 Å². The Morgan fingerprint density at radius 2 is 1.75 bits per heavy atom. The summed E-state index contributed by atoms with van der Waals surface area (Å²) < 4.78 is 6.46. The van der Waals surface area contributed by atoms with E-state index in [0.29, 0.717) is 39.3 Å². The van der Waals surface area contributed by atoms with Gasteiger partial charge in [0, 0.05) is 33.2 Å². The second-order valence-corrected chi connectivity index (χ2v) is 9.79. The van der Waals surface area contributed by atoms with Crippen LogP contribution in [0.25, 0.3) is 0 Å². The fourth-order valence-electron chi connectivity index (χ4n) is 3.01. The monoisotopic (exact) mass is 562 g/mol. The molecule has 0 aromatic heterocycles. The number of halogens is 4. The minimum atomic E-state index is -0.711. The van der Waals surface area contributed by atoms with E-state index in [1.54, 1.807) is 36.4 Å². The predicted molar refractivity (Wildman–Crippen MR) is 134 cm³/mol. The molecular weight excluding hydrogens is 539 g/mol. The first-order chi connectivity index (χ1) is 15.1. The van der Waals surface area contributed by atoms with Crippen molar-refractivity contribution in [2.75, 3.05) is 13.2 Å². The number of nitrogens with one attached hydrogen (secondary N) is 1. The fourth-order valence-corrected chi connectivity index (χ4v) is 4.26. The third-order valence-corrected chi connectivity index (χ3v) is 6.20. The van der Waals surface area contributed by atoms with Gasteiger partial charge in [-0.1, -0.05) is 77.6 Å². The molecule has 0 unspecified atom stereocenters. The van der Waals surface area contributed by atoms with Crippen molar-refractivity contribution in [2.45, 2.75) is 39.8 Å². The van der Waals surface area contributed by atoms with Crippen LogP contribution >= 0.6 is 50.7 Å². The van der Waals surface area contributed by atoms with E-state index in [1.165, 1.54) is 4.90 Å². The van der Waals surface area contributed by atoms with Gasteiger partial charge in [-0.3, -0.25) is 9.59 Å². The van der Waals surface area contributed by atoms with E-state index in [9.17, 15) is 9.59 Å². The Kier molecular flexibility index (Phi) is 10.6. The Hall–Kier alpha value is -1.47. The first-order valence-corrected chi connectivity index (χ1v) is 12.1. The summed E-state index contributed by atoms with van der Waals surface area (Å²) in [5.74, 6) is 0.0312. The molecule has 2 aromatic rings. The van der Waals surface area contributed by atoms with Crippen LogP contribution in [-0.2, 0) is 16.1 Å². The van der Waals surface area contributed by atoms with E-state index in [4.69, 9.17) is 39.5 Å². The van der Waals surface area contributed by atoms with Gasteiger partial charge in [0.25, 0.3) is 5.91 Å². The van der Waals surface area contributed by atoms with Crippen LogP contribution in [0.1, 0.15) is 32.8 Å². The summed E-state index contributed by atoms with van der Waals surface area (Å²) in [7, 11) is 0. The highest BCUT2D eigenvalue weighted by atomic mass is 79.9. The van der Waals surface area contributed by atoms with E-state index in [-0.39, 0.29) is 30.9 Å². The minimum Gasteiger partial charge on any atom is -0.482 e. The number of carbonyl (C=O) groups excluding carboxylic acids is 2. The van der Waals surface area contributed by atoms with Gasteiger partial charge < -0.3 is 15.0 Å². The number of benzene rings is 2. The lowest BCUT2D eigenvalue weighted by molar-refractivity contribution is -0.143. The highest BCUT2D eigenvalue weighted by molar-refractivity contribution is 9.10. The van der Waals surface area contributed by atoms with Crippen molar-refractivity contribution in [3.05, 3.63) is 61.5 Å². The number of carbonyl (C=O) groups is 2. The molecule has 0 spiro atoms. The van der Waals surface area contributed by atoms with E-state index >= 15 is 0 Å². The van der Waals surface area contributed by atoms with Crippen LogP contribution in [0, 0.1) is 5.92 Å². The molecule has 2 rings (SSSR count). The van der Waals surface area contributed by atoms with E-state index < -0.39 is 6.04 Å². The number of nitrogens with zero attached hydrogens (tertiary/aromatic N) is 1. The number of rotatable bonds is 10. The molecule has 0 aliphatic rings. The summed E-state index contributed by atoms with van der Waals surface area (Å²) in [5, 5.41) is 4.12. The molecule has 0 saturated carbocycles.